The van der Waals surface area contributed by atoms with Crippen molar-refractivity contribution in [3.8, 4) is 0 Å². The number of nitrogens with zero attached hydrogens (tertiary/aromatic N) is 2. The molecule has 116 valence electrons. The smallest absolute Gasteiger partial charge is 0.192 e. The first-order valence-corrected chi connectivity index (χ1v) is 10.5. The molecule has 0 saturated heterocycles. The SMILES string of the molecule is C=N/C(=C\C(CO[Si](C)(C)C(C)(C)C)=C(/C)Br)N(C)C. The minimum atomic E-state index is -1.75. The van der Waals surface area contributed by atoms with Crippen molar-refractivity contribution >= 4 is 31.0 Å². The molecule has 0 aromatic rings. The van der Waals surface area contributed by atoms with Crippen LogP contribution < -0.4 is 0 Å². The summed E-state index contributed by atoms with van der Waals surface area (Å²) in [5.74, 6) is 0.831. The molecule has 0 fully saturated rings. The Morgan fingerprint density at radius 3 is 2.15 bits per heavy atom. The van der Waals surface area contributed by atoms with Crippen LogP contribution in [0.15, 0.2) is 26.9 Å². The predicted molar refractivity (Wildman–Crippen MR) is 96.1 cm³/mol. The highest BCUT2D eigenvalue weighted by atomic mass is 79.9. The molecule has 0 aromatic carbocycles. The third kappa shape index (κ3) is 5.93. The summed E-state index contributed by atoms with van der Waals surface area (Å²) in [6.45, 7) is 17.5. The molecular formula is C15H29BrN2OSi. The number of hydrogen-bond acceptors (Lipinski definition) is 3. The van der Waals surface area contributed by atoms with Crippen molar-refractivity contribution in [3.05, 3.63) is 22.0 Å². The molecule has 0 aliphatic rings. The summed E-state index contributed by atoms with van der Waals surface area (Å²) in [4.78, 5) is 5.98. The highest BCUT2D eigenvalue weighted by Crippen LogP contribution is 2.37. The average Bonchev–Trinajstić information content (AvgIpc) is 2.26. The van der Waals surface area contributed by atoms with Gasteiger partial charge in [-0.2, -0.15) is 0 Å². The van der Waals surface area contributed by atoms with E-state index in [4.69, 9.17) is 4.43 Å². The Kier molecular flexibility index (Phi) is 7.42. The number of allylic oxidation sites excluding steroid dienone is 1. The molecule has 0 aliphatic heterocycles. The maximum Gasteiger partial charge on any atom is 0.192 e. The van der Waals surface area contributed by atoms with Crippen LogP contribution in [0.1, 0.15) is 27.7 Å². The molecule has 0 saturated carbocycles. The standard InChI is InChI=1S/C15H29BrN2OSi/c1-12(16)13(10-14(17-5)18(6)7)11-19-20(8,9)15(2,3)4/h10H,5,11H2,1-4,6-9H3/b13-12-,14-10+. The highest BCUT2D eigenvalue weighted by molar-refractivity contribution is 9.11. The van der Waals surface area contributed by atoms with E-state index in [-0.39, 0.29) is 5.04 Å². The molecule has 0 rings (SSSR count). The summed E-state index contributed by atoms with van der Waals surface area (Å²) in [7, 11) is 2.16. The van der Waals surface area contributed by atoms with Crippen LogP contribution in [0.25, 0.3) is 0 Å². The van der Waals surface area contributed by atoms with E-state index in [0.29, 0.717) is 6.61 Å². The first kappa shape index (κ1) is 19.6. The van der Waals surface area contributed by atoms with Crippen LogP contribution in [0.5, 0.6) is 0 Å². The van der Waals surface area contributed by atoms with Gasteiger partial charge in [0.25, 0.3) is 0 Å². The number of aliphatic imine (C=N–C) groups is 1. The molecule has 0 atom stereocenters. The molecule has 3 nitrogen and oxygen atoms in total. The second kappa shape index (κ2) is 7.57. The van der Waals surface area contributed by atoms with Crippen molar-refractivity contribution in [3.63, 3.8) is 0 Å². The van der Waals surface area contributed by atoms with Crippen LogP contribution in [0.3, 0.4) is 0 Å². The fourth-order valence-electron chi connectivity index (χ4n) is 1.19. The van der Waals surface area contributed by atoms with Gasteiger partial charge in [0.15, 0.2) is 8.32 Å². The molecule has 0 amide bonds. The Balaban J connectivity index is 5.13. The fraction of sp³-hybridized carbons (Fsp3) is 0.667. The van der Waals surface area contributed by atoms with Gasteiger partial charge in [-0.25, -0.2) is 4.99 Å². The topological polar surface area (TPSA) is 24.8 Å². The largest absolute Gasteiger partial charge is 0.413 e. The van der Waals surface area contributed by atoms with Gasteiger partial charge in [-0.15, -0.1) is 0 Å². The van der Waals surface area contributed by atoms with Crippen LogP contribution in [-0.4, -0.2) is 40.6 Å². The van der Waals surface area contributed by atoms with Crippen LogP contribution in [-0.2, 0) is 4.43 Å². The zero-order valence-electron chi connectivity index (χ0n) is 14.2. The van der Waals surface area contributed by atoms with E-state index in [1.54, 1.807) is 0 Å². The third-order valence-electron chi connectivity index (χ3n) is 3.76. The quantitative estimate of drug-likeness (QED) is 0.386. The minimum absolute atomic E-state index is 0.211. The lowest BCUT2D eigenvalue weighted by atomic mass is 10.2. The molecule has 0 aliphatic carbocycles. The summed E-state index contributed by atoms with van der Waals surface area (Å²) >= 11 is 3.56. The molecule has 5 heteroatoms. The molecule has 0 heterocycles. The fourth-order valence-corrected chi connectivity index (χ4v) is 2.37. The Morgan fingerprint density at radius 2 is 1.85 bits per heavy atom. The normalized spacial score (nSPS) is 14.9. The number of rotatable bonds is 6. The molecule has 20 heavy (non-hydrogen) atoms. The van der Waals surface area contributed by atoms with Crippen molar-refractivity contribution in [1.29, 1.82) is 0 Å². The summed E-state index contributed by atoms with van der Waals surface area (Å²) in [6, 6.07) is 0. The lowest BCUT2D eigenvalue weighted by Gasteiger charge is -2.36. The van der Waals surface area contributed by atoms with Gasteiger partial charge in [-0.05, 0) is 47.9 Å². The van der Waals surface area contributed by atoms with Crippen LogP contribution in [0, 0.1) is 0 Å². The maximum atomic E-state index is 6.27. The zero-order valence-corrected chi connectivity index (χ0v) is 16.8. The van der Waals surface area contributed by atoms with E-state index < -0.39 is 8.32 Å². The van der Waals surface area contributed by atoms with Gasteiger partial charge in [0, 0.05) is 14.1 Å². The number of halogens is 1. The van der Waals surface area contributed by atoms with E-state index in [1.807, 2.05) is 32.0 Å². The van der Waals surface area contributed by atoms with E-state index in [0.717, 1.165) is 15.9 Å². The van der Waals surface area contributed by atoms with Gasteiger partial charge >= 0.3 is 0 Å². The molecule has 0 bridgehead atoms. The van der Waals surface area contributed by atoms with Crippen molar-refractivity contribution in [2.24, 2.45) is 4.99 Å². The first-order valence-electron chi connectivity index (χ1n) is 6.77. The van der Waals surface area contributed by atoms with Crippen LogP contribution in [0.4, 0.5) is 0 Å². The first-order chi connectivity index (χ1) is 8.92. The van der Waals surface area contributed by atoms with E-state index >= 15 is 0 Å². The Bertz CT molecular complexity index is 403. The zero-order chi connectivity index (χ0) is 16.1. The third-order valence-corrected chi connectivity index (χ3v) is 8.75. The molecule has 0 radical (unpaired) electrons. The Hall–Kier alpha value is -0.393. The molecule has 0 spiro atoms. The summed E-state index contributed by atoms with van der Waals surface area (Å²) in [6.07, 6.45) is 2.02. The second-order valence-corrected chi connectivity index (χ2v) is 12.7. The van der Waals surface area contributed by atoms with Gasteiger partial charge in [0.05, 0.1) is 6.61 Å². The summed E-state index contributed by atoms with van der Waals surface area (Å²) in [5.41, 5.74) is 1.10. The van der Waals surface area contributed by atoms with Crippen molar-refractivity contribution < 1.29 is 4.43 Å². The average molecular weight is 361 g/mol. The Morgan fingerprint density at radius 1 is 1.35 bits per heavy atom. The minimum Gasteiger partial charge on any atom is -0.413 e. The maximum absolute atomic E-state index is 6.27. The van der Waals surface area contributed by atoms with Crippen LogP contribution in [0.2, 0.25) is 18.1 Å². The van der Waals surface area contributed by atoms with Gasteiger partial charge in [0.1, 0.15) is 5.82 Å². The van der Waals surface area contributed by atoms with Gasteiger partial charge in [-0.1, -0.05) is 36.7 Å². The molecule has 0 aromatic heterocycles. The van der Waals surface area contributed by atoms with Crippen molar-refractivity contribution in [2.75, 3.05) is 20.7 Å². The van der Waals surface area contributed by atoms with Gasteiger partial charge in [-0.3, -0.25) is 0 Å². The van der Waals surface area contributed by atoms with Crippen molar-refractivity contribution in [1.82, 2.24) is 4.90 Å². The van der Waals surface area contributed by atoms with E-state index in [2.05, 4.69) is 61.5 Å². The Labute approximate surface area is 134 Å². The van der Waals surface area contributed by atoms with Gasteiger partial charge in [0.2, 0.25) is 0 Å². The van der Waals surface area contributed by atoms with E-state index in [1.165, 1.54) is 0 Å². The molecule has 0 unspecified atom stereocenters. The highest BCUT2D eigenvalue weighted by Gasteiger charge is 2.37. The summed E-state index contributed by atoms with van der Waals surface area (Å²) in [5, 5.41) is 0.211. The number of hydrogen-bond donors (Lipinski definition) is 0. The van der Waals surface area contributed by atoms with Crippen LogP contribution >= 0.6 is 15.9 Å². The lowest BCUT2D eigenvalue weighted by Crippen LogP contribution is -2.41. The van der Waals surface area contributed by atoms with Gasteiger partial charge < -0.3 is 9.33 Å². The van der Waals surface area contributed by atoms with E-state index in [9.17, 15) is 0 Å². The molecular weight excluding hydrogens is 332 g/mol. The molecule has 0 N–H and O–H groups in total. The lowest BCUT2D eigenvalue weighted by molar-refractivity contribution is 0.321. The second-order valence-electron chi connectivity index (χ2n) is 6.66. The predicted octanol–water partition coefficient (Wildman–Crippen LogP) is 4.78. The summed E-state index contributed by atoms with van der Waals surface area (Å²) < 4.78 is 7.34. The van der Waals surface area contributed by atoms with Crippen molar-refractivity contribution in [2.45, 2.75) is 45.8 Å². The monoisotopic (exact) mass is 360 g/mol.